The van der Waals surface area contributed by atoms with E-state index in [0.717, 1.165) is 128 Å². The van der Waals surface area contributed by atoms with E-state index in [9.17, 15) is 14.4 Å². The number of unbranched alkanes of at least 4 members (excludes halogenated alkanes) is 20. The lowest BCUT2D eigenvalue weighted by atomic mass is 10.1. The number of esters is 3. The molecule has 0 spiro atoms. The third-order valence-corrected chi connectivity index (χ3v) is 10.4. The Morgan fingerprint density at radius 3 is 1.03 bits per heavy atom. The molecule has 0 aromatic rings. The molecule has 1 atom stereocenters. The van der Waals surface area contributed by atoms with Gasteiger partial charge < -0.3 is 14.2 Å². The van der Waals surface area contributed by atoms with Crippen LogP contribution in [0.4, 0.5) is 0 Å². The van der Waals surface area contributed by atoms with Crippen molar-refractivity contribution in [2.75, 3.05) is 13.2 Å². The third-order valence-electron chi connectivity index (χ3n) is 10.4. The first kappa shape index (κ1) is 59.8. The van der Waals surface area contributed by atoms with E-state index in [2.05, 4.69) is 106 Å². The highest BCUT2D eigenvalue weighted by molar-refractivity contribution is 5.71. The molecular formula is C58H92O6. The fraction of sp³-hybridized carbons (Fsp3) is 0.603. The highest BCUT2D eigenvalue weighted by Gasteiger charge is 2.19. The lowest BCUT2D eigenvalue weighted by molar-refractivity contribution is -0.167. The van der Waals surface area contributed by atoms with E-state index >= 15 is 0 Å². The molecule has 0 aliphatic heterocycles. The third kappa shape index (κ3) is 48.8. The Balaban J connectivity index is 4.51. The van der Waals surface area contributed by atoms with E-state index < -0.39 is 6.10 Å². The highest BCUT2D eigenvalue weighted by Crippen LogP contribution is 2.13. The molecule has 360 valence electrons. The molecule has 0 N–H and O–H groups in total. The quantitative estimate of drug-likeness (QED) is 0.0262. The molecule has 0 heterocycles. The Morgan fingerprint density at radius 1 is 0.328 bits per heavy atom. The van der Waals surface area contributed by atoms with Crippen molar-refractivity contribution < 1.29 is 28.6 Å². The van der Waals surface area contributed by atoms with Crippen LogP contribution in [0.15, 0.2) is 122 Å². The van der Waals surface area contributed by atoms with Crippen molar-refractivity contribution in [1.29, 1.82) is 0 Å². The van der Waals surface area contributed by atoms with Gasteiger partial charge in [0.05, 0.1) is 0 Å². The maximum absolute atomic E-state index is 12.8. The molecule has 0 rings (SSSR count). The van der Waals surface area contributed by atoms with Crippen molar-refractivity contribution in [3.05, 3.63) is 122 Å². The van der Waals surface area contributed by atoms with Gasteiger partial charge in [-0.3, -0.25) is 14.4 Å². The topological polar surface area (TPSA) is 78.9 Å². The predicted octanol–water partition coefficient (Wildman–Crippen LogP) is 16.9. The van der Waals surface area contributed by atoms with E-state index in [1.165, 1.54) is 38.5 Å². The summed E-state index contributed by atoms with van der Waals surface area (Å²) in [6.45, 7) is 6.32. The summed E-state index contributed by atoms with van der Waals surface area (Å²) in [4.78, 5) is 38.0. The molecule has 0 aromatic heterocycles. The van der Waals surface area contributed by atoms with Gasteiger partial charge in [-0.2, -0.15) is 0 Å². The second-order valence-electron chi connectivity index (χ2n) is 16.6. The monoisotopic (exact) mass is 885 g/mol. The summed E-state index contributed by atoms with van der Waals surface area (Å²) in [6.07, 6.45) is 70.2. The van der Waals surface area contributed by atoms with Gasteiger partial charge >= 0.3 is 17.9 Å². The number of rotatable bonds is 44. The van der Waals surface area contributed by atoms with Crippen LogP contribution in [0.5, 0.6) is 0 Å². The highest BCUT2D eigenvalue weighted by atomic mass is 16.6. The summed E-state index contributed by atoms with van der Waals surface area (Å²) >= 11 is 0. The van der Waals surface area contributed by atoms with E-state index in [4.69, 9.17) is 14.2 Å². The van der Waals surface area contributed by atoms with Crippen LogP contribution < -0.4 is 0 Å². The van der Waals surface area contributed by atoms with Crippen LogP contribution >= 0.6 is 0 Å². The Kier molecular flexibility index (Phi) is 48.1. The summed E-state index contributed by atoms with van der Waals surface area (Å²) in [5, 5.41) is 0. The van der Waals surface area contributed by atoms with Crippen molar-refractivity contribution in [2.24, 2.45) is 0 Å². The van der Waals surface area contributed by atoms with Crippen LogP contribution in [0.25, 0.3) is 0 Å². The minimum Gasteiger partial charge on any atom is -0.462 e. The largest absolute Gasteiger partial charge is 0.462 e. The first-order valence-electron chi connectivity index (χ1n) is 25.7. The average molecular weight is 885 g/mol. The number of hydrogen-bond acceptors (Lipinski definition) is 6. The normalized spacial score (nSPS) is 13.1. The first-order chi connectivity index (χ1) is 31.5. The van der Waals surface area contributed by atoms with E-state index in [0.29, 0.717) is 19.3 Å². The summed E-state index contributed by atoms with van der Waals surface area (Å²) in [5.41, 5.74) is 0. The molecule has 64 heavy (non-hydrogen) atoms. The summed E-state index contributed by atoms with van der Waals surface area (Å²) < 4.78 is 16.8. The van der Waals surface area contributed by atoms with Crippen LogP contribution in [-0.2, 0) is 28.6 Å². The Morgan fingerprint density at radius 2 is 0.641 bits per heavy atom. The second kappa shape index (κ2) is 51.4. The molecule has 6 nitrogen and oxygen atoms in total. The number of carbonyl (C=O) groups excluding carboxylic acids is 3. The first-order valence-corrected chi connectivity index (χ1v) is 25.7. The molecular weight excluding hydrogens is 793 g/mol. The lowest BCUT2D eigenvalue weighted by Crippen LogP contribution is -2.30. The molecule has 1 unspecified atom stereocenters. The average Bonchev–Trinajstić information content (AvgIpc) is 3.29. The smallest absolute Gasteiger partial charge is 0.306 e. The van der Waals surface area contributed by atoms with Crippen molar-refractivity contribution in [3.63, 3.8) is 0 Å². The molecule has 0 fully saturated rings. The van der Waals surface area contributed by atoms with Gasteiger partial charge in [-0.25, -0.2) is 0 Å². The fourth-order valence-corrected chi connectivity index (χ4v) is 6.52. The lowest BCUT2D eigenvalue weighted by Gasteiger charge is -2.18. The number of hydrogen-bond donors (Lipinski definition) is 0. The SMILES string of the molecule is CC\C=C/C=C\C=C/CCCCCCCC(=O)OCC(COC(=O)CCCCCCC\C=C/C=C\C=C/C=C\C=C/CCC)OC(=O)CCCCCCCC/C=C\C=C/CCCCC. The van der Waals surface area contributed by atoms with Crippen molar-refractivity contribution in [3.8, 4) is 0 Å². The van der Waals surface area contributed by atoms with Gasteiger partial charge in [0.1, 0.15) is 13.2 Å². The van der Waals surface area contributed by atoms with Gasteiger partial charge in [-0.05, 0) is 83.5 Å². The van der Waals surface area contributed by atoms with Crippen molar-refractivity contribution >= 4 is 17.9 Å². The van der Waals surface area contributed by atoms with Gasteiger partial charge in [-0.1, -0.05) is 226 Å². The predicted molar refractivity (Wildman–Crippen MR) is 274 cm³/mol. The Hall–Kier alpha value is -4.19. The molecule has 6 heteroatoms. The molecule has 0 saturated heterocycles. The van der Waals surface area contributed by atoms with Gasteiger partial charge in [-0.15, -0.1) is 0 Å². The van der Waals surface area contributed by atoms with Crippen LogP contribution in [0.1, 0.15) is 207 Å². The zero-order chi connectivity index (χ0) is 46.5. The standard InChI is InChI=1S/C58H92O6/c1-4-7-10-13-16-19-22-25-27-28-29-31-33-36-39-42-45-48-51-57(60)63-54-55(53-62-56(59)50-47-44-41-38-35-32-24-21-18-15-12-9-6-3)64-58(61)52-49-46-43-40-37-34-30-26-23-20-17-14-11-8-5-2/h9-10,12-13,15-29,31,55H,4-8,11,14,30,32-54H2,1-3H3/b12-9-,13-10-,18-15-,19-16-,20-17-,24-21-,25-22-,26-23-,28-27-,31-29-. The molecule has 0 amide bonds. The Labute approximate surface area is 392 Å². The maximum atomic E-state index is 12.8. The molecule has 0 bridgehead atoms. The zero-order valence-corrected chi connectivity index (χ0v) is 41.0. The number of allylic oxidation sites excluding steroid dienone is 20. The summed E-state index contributed by atoms with van der Waals surface area (Å²) in [6, 6.07) is 0. The van der Waals surface area contributed by atoms with E-state index in [1.807, 2.05) is 36.5 Å². The van der Waals surface area contributed by atoms with Crippen LogP contribution in [0.2, 0.25) is 0 Å². The minimum atomic E-state index is -0.807. The molecule has 0 radical (unpaired) electrons. The Bertz CT molecular complexity index is 1390. The summed E-state index contributed by atoms with van der Waals surface area (Å²) in [5.74, 6) is -0.970. The zero-order valence-electron chi connectivity index (χ0n) is 41.0. The molecule has 0 aromatic carbocycles. The van der Waals surface area contributed by atoms with Crippen molar-refractivity contribution in [2.45, 2.75) is 213 Å². The van der Waals surface area contributed by atoms with E-state index in [1.54, 1.807) is 0 Å². The van der Waals surface area contributed by atoms with Gasteiger partial charge in [0.15, 0.2) is 6.10 Å². The minimum absolute atomic E-state index is 0.106. The van der Waals surface area contributed by atoms with Gasteiger partial charge in [0.2, 0.25) is 0 Å². The number of carbonyl (C=O) groups is 3. The van der Waals surface area contributed by atoms with Crippen molar-refractivity contribution in [1.82, 2.24) is 0 Å². The second-order valence-corrected chi connectivity index (χ2v) is 16.6. The molecule has 0 saturated carbocycles. The van der Waals surface area contributed by atoms with Crippen LogP contribution in [-0.4, -0.2) is 37.2 Å². The maximum Gasteiger partial charge on any atom is 0.306 e. The van der Waals surface area contributed by atoms with Crippen LogP contribution in [0.3, 0.4) is 0 Å². The van der Waals surface area contributed by atoms with Crippen LogP contribution in [0, 0.1) is 0 Å². The molecule has 0 aliphatic rings. The van der Waals surface area contributed by atoms with E-state index in [-0.39, 0.29) is 31.1 Å². The fourth-order valence-electron chi connectivity index (χ4n) is 6.52. The van der Waals surface area contributed by atoms with Gasteiger partial charge in [0.25, 0.3) is 0 Å². The number of ether oxygens (including phenoxy) is 3. The molecule has 0 aliphatic carbocycles. The summed E-state index contributed by atoms with van der Waals surface area (Å²) in [7, 11) is 0. The van der Waals surface area contributed by atoms with Gasteiger partial charge in [0, 0.05) is 19.3 Å².